The normalized spacial score (nSPS) is 21.4. The molecule has 1 aromatic carbocycles. The number of rotatable bonds is 0. The molecular formula is C13H19NO. The Bertz CT molecular complexity index is 345. The van der Waals surface area contributed by atoms with Gasteiger partial charge in [-0.3, -0.25) is 4.48 Å². The van der Waals surface area contributed by atoms with Gasteiger partial charge in [-0.2, -0.15) is 0 Å². The fourth-order valence-corrected chi connectivity index (χ4v) is 3.31. The van der Waals surface area contributed by atoms with Crippen molar-refractivity contribution in [2.75, 3.05) is 20.1 Å². The van der Waals surface area contributed by atoms with Gasteiger partial charge in [0, 0.05) is 24.0 Å². The minimum absolute atomic E-state index is 0. The molecule has 3 rings (SSSR count). The van der Waals surface area contributed by atoms with E-state index in [1.807, 2.05) is 0 Å². The first-order valence-corrected chi connectivity index (χ1v) is 5.75. The molecule has 0 saturated carbocycles. The maximum atomic E-state index is 2.42. The Hall–Kier alpha value is -0.860. The van der Waals surface area contributed by atoms with Gasteiger partial charge in [-0.05, 0) is 12.8 Å². The van der Waals surface area contributed by atoms with Crippen molar-refractivity contribution in [2.24, 2.45) is 0 Å². The Balaban J connectivity index is 0.000000853. The lowest BCUT2D eigenvalue weighted by atomic mass is 9.90. The van der Waals surface area contributed by atoms with Gasteiger partial charge < -0.3 is 5.48 Å². The molecule has 0 aliphatic carbocycles. The molecule has 0 spiro atoms. The van der Waals surface area contributed by atoms with Gasteiger partial charge in [0.05, 0.1) is 20.1 Å². The molecule has 1 aromatic rings. The van der Waals surface area contributed by atoms with Gasteiger partial charge in [-0.1, -0.05) is 18.2 Å². The molecule has 0 aromatic heterocycles. The van der Waals surface area contributed by atoms with Crippen LogP contribution >= 0.6 is 0 Å². The zero-order chi connectivity index (χ0) is 9.60. The van der Waals surface area contributed by atoms with Crippen LogP contribution in [0.4, 0.5) is 5.69 Å². The van der Waals surface area contributed by atoms with Gasteiger partial charge in [-0.15, -0.1) is 0 Å². The zero-order valence-corrected chi connectivity index (χ0v) is 9.37. The number of benzene rings is 1. The average molecular weight is 205 g/mol. The third-order valence-corrected chi connectivity index (χ3v) is 3.94. The van der Waals surface area contributed by atoms with Crippen LogP contribution in [-0.2, 0) is 12.8 Å². The largest absolute Gasteiger partial charge is 0.870 e. The summed E-state index contributed by atoms with van der Waals surface area (Å²) >= 11 is 0. The summed E-state index contributed by atoms with van der Waals surface area (Å²) < 4.78 is 1.21. The van der Waals surface area contributed by atoms with Crippen molar-refractivity contribution in [3.8, 4) is 0 Å². The number of quaternary nitrogens is 1. The van der Waals surface area contributed by atoms with Gasteiger partial charge >= 0.3 is 0 Å². The number of aryl methyl sites for hydroxylation is 2. The molecule has 2 nitrogen and oxygen atoms in total. The second kappa shape index (κ2) is 3.62. The van der Waals surface area contributed by atoms with E-state index >= 15 is 0 Å². The van der Waals surface area contributed by atoms with Crippen LogP contribution in [0.25, 0.3) is 0 Å². The maximum Gasteiger partial charge on any atom is 0.139 e. The van der Waals surface area contributed by atoms with Crippen LogP contribution in [0.3, 0.4) is 0 Å². The minimum atomic E-state index is 0. The van der Waals surface area contributed by atoms with E-state index in [9.17, 15) is 0 Å². The predicted octanol–water partition coefficient (Wildman–Crippen LogP) is 2.34. The smallest absolute Gasteiger partial charge is 0.139 e. The Kier molecular flexibility index (Phi) is 2.57. The van der Waals surface area contributed by atoms with Crippen molar-refractivity contribution in [1.29, 1.82) is 0 Å². The van der Waals surface area contributed by atoms with Crippen molar-refractivity contribution in [3.05, 3.63) is 29.3 Å². The molecule has 0 unspecified atom stereocenters. The molecule has 0 radical (unpaired) electrons. The van der Waals surface area contributed by atoms with E-state index in [1.54, 1.807) is 16.8 Å². The van der Waals surface area contributed by atoms with Crippen molar-refractivity contribution in [3.63, 3.8) is 0 Å². The third-order valence-electron chi connectivity index (χ3n) is 3.94. The molecule has 0 saturated heterocycles. The van der Waals surface area contributed by atoms with Crippen LogP contribution in [0.5, 0.6) is 0 Å². The quantitative estimate of drug-likeness (QED) is 0.598. The summed E-state index contributed by atoms with van der Waals surface area (Å²) in [7, 11) is 2.42. The van der Waals surface area contributed by atoms with Crippen LogP contribution in [0.2, 0.25) is 0 Å². The van der Waals surface area contributed by atoms with Crippen LogP contribution in [0.1, 0.15) is 24.0 Å². The fraction of sp³-hybridized carbons (Fsp3) is 0.538. The summed E-state index contributed by atoms with van der Waals surface area (Å²) in [5.41, 5.74) is 4.91. The predicted molar refractivity (Wildman–Crippen MR) is 62.5 cm³/mol. The van der Waals surface area contributed by atoms with Crippen LogP contribution in [-0.4, -0.2) is 25.6 Å². The molecule has 0 amide bonds. The van der Waals surface area contributed by atoms with Gasteiger partial charge in [-0.25, -0.2) is 0 Å². The summed E-state index contributed by atoms with van der Waals surface area (Å²) in [5, 5.41) is 0. The van der Waals surface area contributed by atoms with Crippen molar-refractivity contribution < 1.29 is 5.48 Å². The van der Waals surface area contributed by atoms with E-state index in [4.69, 9.17) is 0 Å². The Morgan fingerprint density at radius 1 is 1.00 bits per heavy atom. The summed E-state index contributed by atoms with van der Waals surface area (Å²) in [5.74, 6) is 0. The van der Waals surface area contributed by atoms with Crippen LogP contribution < -0.4 is 4.48 Å². The lowest BCUT2D eigenvalue weighted by Crippen LogP contribution is -2.51. The number of hydrogen-bond donors (Lipinski definition) is 0. The van der Waals surface area contributed by atoms with E-state index in [1.165, 1.54) is 43.3 Å². The molecular weight excluding hydrogens is 186 g/mol. The first-order valence-electron chi connectivity index (χ1n) is 5.75. The Morgan fingerprint density at radius 3 is 2.07 bits per heavy atom. The summed E-state index contributed by atoms with van der Waals surface area (Å²) in [6, 6.07) is 6.91. The lowest BCUT2D eigenvalue weighted by Gasteiger charge is -2.42. The molecule has 2 heterocycles. The van der Waals surface area contributed by atoms with Gasteiger partial charge in [0.15, 0.2) is 0 Å². The molecule has 82 valence electrons. The van der Waals surface area contributed by atoms with Crippen molar-refractivity contribution in [1.82, 2.24) is 4.48 Å². The van der Waals surface area contributed by atoms with Crippen LogP contribution in [0, 0.1) is 0 Å². The standard InChI is InChI=1S/C13H18N.H2O/c1-14-9-3-7-11-5-2-6-12(13(11)14)8-4-10-14;/h2,5-6H,3-4,7-10H2,1H3;1H2/q+1;/p-1. The van der Waals surface area contributed by atoms with Crippen LogP contribution in [0.15, 0.2) is 18.2 Å². The van der Waals surface area contributed by atoms with E-state index in [-0.39, 0.29) is 5.48 Å². The second-order valence-corrected chi connectivity index (χ2v) is 4.98. The van der Waals surface area contributed by atoms with Crippen molar-refractivity contribution in [2.45, 2.75) is 25.7 Å². The van der Waals surface area contributed by atoms with Gasteiger partial charge in [0.1, 0.15) is 5.69 Å². The fourth-order valence-electron chi connectivity index (χ4n) is 3.31. The highest BCUT2D eigenvalue weighted by molar-refractivity contribution is 5.59. The molecule has 1 N–H and O–H groups in total. The molecule has 2 aliphatic heterocycles. The minimum Gasteiger partial charge on any atom is -0.870 e. The maximum absolute atomic E-state index is 2.42. The highest BCUT2D eigenvalue weighted by Crippen LogP contribution is 2.39. The molecule has 0 atom stereocenters. The van der Waals surface area contributed by atoms with Gasteiger partial charge in [0.25, 0.3) is 0 Å². The number of hydrogen-bond acceptors (Lipinski definition) is 1. The molecule has 0 fully saturated rings. The SMILES string of the molecule is C[N+]12CCCc3cccc(c31)CCC2.[OH-]. The first-order chi connectivity index (χ1) is 6.80. The lowest BCUT2D eigenvalue weighted by molar-refractivity contribution is 0.288. The molecule has 2 heteroatoms. The number of para-hydroxylation sites is 1. The average Bonchev–Trinajstić information content (AvgIpc) is 2.18. The highest BCUT2D eigenvalue weighted by atomic mass is 16.0. The molecule has 0 bridgehead atoms. The Labute approximate surface area is 91.4 Å². The monoisotopic (exact) mass is 205 g/mol. The highest BCUT2D eigenvalue weighted by Gasteiger charge is 2.35. The second-order valence-electron chi connectivity index (χ2n) is 4.98. The summed E-state index contributed by atoms with van der Waals surface area (Å²) in [6.45, 7) is 2.70. The first kappa shape index (κ1) is 10.7. The third kappa shape index (κ3) is 1.48. The van der Waals surface area contributed by atoms with Crippen molar-refractivity contribution >= 4 is 5.69 Å². The Morgan fingerprint density at radius 2 is 1.53 bits per heavy atom. The molecule has 2 aliphatic rings. The summed E-state index contributed by atoms with van der Waals surface area (Å²) in [4.78, 5) is 0. The zero-order valence-electron chi connectivity index (χ0n) is 9.37. The topological polar surface area (TPSA) is 30.0 Å². The van der Waals surface area contributed by atoms with E-state index in [2.05, 4.69) is 25.2 Å². The molecule has 15 heavy (non-hydrogen) atoms. The summed E-state index contributed by atoms with van der Waals surface area (Å²) in [6.07, 6.45) is 5.34. The number of nitrogens with zero attached hydrogens (tertiary/aromatic N) is 1. The van der Waals surface area contributed by atoms with E-state index in [0.717, 1.165) is 0 Å². The van der Waals surface area contributed by atoms with E-state index < -0.39 is 0 Å². The van der Waals surface area contributed by atoms with Gasteiger partial charge in [0.2, 0.25) is 0 Å². The van der Waals surface area contributed by atoms with E-state index in [0.29, 0.717) is 0 Å².